The first-order valence-corrected chi connectivity index (χ1v) is 11.5. The molecule has 0 spiro atoms. The van der Waals surface area contributed by atoms with Gasteiger partial charge in [-0.05, 0) is 42.7 Å². The highest BCUT2D eigenvalue weighted by atomic mass is 27.0. The number of carbonyl (C=O) groups excluding carboxylic acids is 3. The Morgan fingerprint density at radius 2 is 1.81 bits per heavy atom. The minimum Gasteiger partial charge on any atom is -0.412 e. The number of hydrogen-bond acceptors (Lipinski definition) is 4. The standard InChI is InChI=1S/C22H33N4O3.Al.2H2O/c1-17(27)25-19(16-18-10-5-4-6-11-18)22(29)26-15-9-12-20(26)21(28)24-14-8-3-2-7-13-23;;;/h4-6,10-11,14,19-20H,2-3,7-9,12-13,15-16,23H2,1H3,(H,24,28)(H,25,27);;2*1H2/t19-,20+;;;/m1.../s1. The van der Waals surface area contributed by atoms with Crippen molar-refractivity contribution >= 4 is 34.0 Å². The Morgan fingerprint density at radius 1 is 1.12 bits per heavy atom. The van der Waals surface area contributed by atoms with E-state index in [4.69, 9.17) is 5.73 Å². The van der Waals surface area contributed by atoms with Gasteiger partial charge in [-0.1, -0.05) is 43.2 Å². The molecule has 10 heteroatoms. The third kappa shape index (κ3) is 9.67. The molecule has 1 fully saturated rings. The van der Waals surface area contributed by atoms with E-state index in [9.17, 15) is 14.4 Å². The molecule has 0 unspecified atom stereocenters. The summed E-state index contributed by atoms with van der Waals surface area (Å²) in [6.07, 6.45) is 5.71. The van der Waals surface area contributed by atoms with Gasteiger partial charge >= 0.3 is 0 Å². The van der Waals surface area contributed by atoms with Crippen LogP contribution in [0.2, 0.25) is 0 Å². The van der Waals surface area contributed by atoms with Gasteiger partial charge in [-0.15, -0.1) is 0 Å². The van der Waals surface area contributed by atoms with E-state index in [-0.39, 0.29) is 33.6 Å². The molecule has 2 rings (SSSR count). The van der Waals surface area contributed by atoms with E-state index in [0.29, 0.717) is 25.9 Å². The van der Waals surface area contributed by atoms with Crippen LogP contribution in [0.4, 0.5) is 0 Å². The van der Waals surface area contributed by atoms with Crippen LogP contribution in [0.5, 0.6) is 0 Å². The zero-order valence-corrected chi connectivity index (χ0v) is 20.0. The molecule has 1 aromatic rings. The molecule has 3 atom stereocenters. The number of nitrogens with zero attached hydrogens (tertiary/aromatic N) is 1. The Balaban J connectivity index is 0.00000480. The predicted molar refractivity (Wildman–Crippen MR) is 125 cm³/mol. The number of unbranched alkanes of at least 4 members (excludes halogenated alkanes) is 2. The second-order valence-corrected chi connectivity index (χ2v) is 8.69. The molecule has 1 heterocycles. The number of carbonyl (C=O) groups is 3. The SMILES string of the molecule is CC(=O)N[C@H](Cc1ccccc1)C(=O)N1CCC[C@H]1C(=O)N[C@H]([Al])CCCCCN.O.O. The quantitative estimate of drug-likeness (QED) is 0.288. The summed E-state index contributed by atoms with van der Waals surface area (Å²) in [5.74, 6) is -0.581. The Hall–Kier alpha value is -1.96. The van der Waals surface area contributed by atoms with E-state index in [0.717, 1.165) is 37.7 Å². The van der Waals surface area contributed by atoms with Gasteiger partial charge in [0.1, 0.15) is 12.1 Å². The van der Waals surface area contributed by atoms with E-state index in [1.165, 1.54) is 6.92 Å². The van der Waals surface area contributed by atoms with Crippen molar-refractivity contribution < 1.29 is 25.3 Å². The number of benzene rings is 1. The molecule has 178 valence electrons. The van der Waals surface area contributed by atoms with Gasteiger partial charge < -0.3 is 32.2 Å². The molecule has 3 amide bonds. The van der Waals surface area contributed by atoms with Crippen LogP contribution in [0, 0.1) is 0 Å². The summed E-state index contributed by atoms with van der Waals surface area (Å²) in [5, 5.41) is 5.79. The number of amides is 3. The van der Waals surface area contributed by atoms with E-state index in [1.54, 1.807) is 4.90 Å². The zero-order valence-electron chi connectivity index (χ0n) is 18.8. The van der Waals surface area contributed by atoms with Crippen LogP contribution >= 0.6 is 0 Å². The van der Waals surface area contributed by atoms with Gasteiger partial charge in [0.15, 0.2) is 16.3 Å². The van der Waals surface area contributed by atoms with Crippen LogP contribution in [-0.2, 0) is 20.8 Å². The summed E-state index contributed by atoms with van der Waals surface area (Å²) >= 11 is 2.67. The average molecular weight is 465 g/mol. The Bertz CT molecular complexity index is 707. The third-order valence-corrected chi connectivity index (χ3v) is 5.84. The van der Waals surface area contributed by atoms with Crippen LogP contribution in [-0.4, -0.2) is 79.9 Å². The van der Waals surface area contributed by atoms with Crippen LogP contribution in [0.3, 0.4) is 0 Å². The minimum absolute atomic E-state index is 0. The van der Waals surface area contributed by atoms with E-state index >= 15 is 0 Å². The summed E-state index contributed by atoms with van der Waals surface area (Å²) in [6, 6.07) is 8.42. The highest BCUT2D eigenvalue weighted by molar-refractivity contribution is 6.13. The Labute approximate surface area is 198 Å². The monoisotopic (exact) mass is 464 g/mol. The molecule has 1 saturated heterocycles. The first kappa shape index (κ1) is 30.0. The predicted octanol–water partition coefficient (Wildman–Crippen LogP) is -0.795. The lowest BCUT2D eigenvalue weighted by Gasteiger charge is -2.29. The number of nitrogens with one attached hydrogen (secondary N) is 2. The molecular formula is C22H37AlN4O5. The second kappa shape index (κ2) is 15.8. The highest BCUT2D eigenvalue weighted by Crippen LogP contribution is 2.20. The Kier molecular flexibility index (Phi) is 14.8. The summed E-state index contributed by atoms with van der Waals surface area (Å²) in [6.45, 7) is 2.62. The van der Waals surface area contributed by atoms with Crippen LogP contribution < -0.4 is 16.4 Å². The summed E-state index contributed by atoms with van der Waals surface area (Å²) in [4.78, 5) is 39.4. The first-order valence-electron chi connectivity index (χ1n) is 10.8. The molecule has 0 aliphatic carbocycles. The van der Waals surface area contributed by atoms with E-state index < -0.39 is 12.1 Å². The topological polar surface area (TPSA) is 168 Å². The highest BCUT2D eigenvalue weighted by Gasteiger charge is 2.37. The lowest BCUT2D eigenvalue weighted by molar-refractivity contribution is -0.141. The first-order chi connectivity index (χ1) is 14.4. The molecule has 1 aliphatic rings. The molecule has 0 bridgehead atoms. The molecule has 0 aromatic heterocycles. The lowest BCUT2D eigenvalue weighted by atomic mass is 10.0. The van der Waals surface area contributed by atoms with Crippen molar-refractivity contribution in [1.82, 2.24) is 15.5 Å². The van der Waals surface area contributed by atoms with Gasteiger partial charge in [0.25, 0.3) is 0 Å². The number of likely N-dealkylation sites (tertiary alicyclic amines) is 1. The Morgan fingerprint density at radius 3 is 2.44 bits per heavy atom. The van der Waals surface area contributed by atoms with Crippen molar-refractivity contribution in [3.8, 4) is 0 Å². The summed E-state index contributed by atoms with van der Waals surface area (Å²) < 4.78 is 0. The largest absolute Gasteiger partial charge is 0.412 e. The van der Waals surface area contributed by atoms with Crippen molar-refractivity contribution in [2.24, 2.45) is 5.73 Å². The number of rotatable bonds is 11. The maximum absolute atomic E-state index is 13.2. The number of hydrogen-bond donors (Lipinski definition) is 3. The number of nitrogens with two attached hydrogens (primary N) is 1. The van der Waals surface area contributed by atoms with Crippen molar-refractivity contribution in [3.63, 3.8) is 0 Å². The molecule has 1 aromatic carbocycles. The van der Waals surface area contributed by atoms with Crippen LogP contribution in [0.25, 0.3) is 0 Å². The fourth-order valence-electron chi connectivity index (χ4n) is 3.83. The van der Waals surface area contributed by atoms with Gasteiger partial charge in [-0.3, -0.25) is 14.4 Å². The van der Waals surface area contributed by atoms with Gasteiger partial charge in [0, 0.05) is 19.9 Å². The van der Waals surface area contributed by atoms with Gasteiger partial charge in [0.05, 0.1) is 0 Å². The maximum atomic E-state index is 13.2. The van der Waals surface area contributed by atoms with E-state index in [2.05, 4.69) is 26.9 Å². The fourth-order valence-corrected chi connectivity index (χ4v) is 4.23. The maximum Gasteiger partial charge on any atom is 0.246 e. The molecule has 1 aliphatic heterocycles. The van der Waals surface area contributed by atoms with Crippen molar-refractivity contribution in [1.29, 1.82) is 0 Å². The molecule has 0 saturated carbocycles. The van der Waals surface area contributed by atoms with Crippen LogP contribution in [0.15, 0.2) is 30.3 Å². The van der Waals surface area contributed by atoms with Gasteiger partial charge in [-0.25, -0.2) is 0 Å². The summed E-state index contributed by atoms with van der Waals surface area (Å²) in [5.41, 5.74) is 6.48. The van der Waals surface area contributed by atoms with Crippen LogP contribution in [0.1, 0.15) is 51.0 Å². The molecule has 9 nitrogen and oxygen atoms in total. The normalized spacial score (nSPS) is 16.8. The van der Waals surface area contributed by atoms with Crippen molar-refractivity contribution in [2.45, 2.75) is 68.9 Å². The molecular weight excluding hydrogens is 427 g/mol. The average Bonchev–Trinajstić information content (AvgIpc) is 3.20. The molecule has 2 radical (unpaired) electrons. The second-order valence-electron chi connectivity index (χ2n) is 7.89. The minimum atomic E-state index is -0.679. The molecule has 8 N–H and O–H groups in total. The van der Waals surface area contributed by atoms with Crippen molar-refractivity contribution in [3.05, 3.63) is 35.9 Å². The van der Waals surface area contributed by atoms with E-state index in [1.807, 2.05) is 30.3 Å². The molecule has 32 heavy (non-hydrogen) atoms. The lowest BCUT2D eigenvalue weighted by Crippen LogP contribution is -2.55. The van der Waals surface area contributed by atoms with Gasteiger partial charge in [0.2, 0.25) is 17.7 Å². The fraction of sp³-hybridized carbons (Fsp3) is 0.591. The summed E-state index contributed by atoms with van der Waals surface area (Å²) in [7, 11) is 0. The smallest absolute Gasteiger partial charge is 0.246 e. The third-order valence-electron chi connectivity index (χ3n) is 5.34. The van der Waals surface area contributed by atoms with Gasteiger partial charge in [-0.2, -0.15) is 0 Å². The van der Waals surface area contributed by atoms with Crippen molar-refractivity contribution in [2.75, 3.05) is 13.1 Å². The zero-order chi connectivity index (χ0) is 21.9.